The molecule has 116 valence electrons. The molecule has 0 radical (unpaired) electrons. The van der Waals surface area contributed by atoms with Crippen LogP contribution in [0.2, 0.25) is 0 Å². The Morgan fingerprint density at radius 3 is 2.20 bits per heavy atom. The summed E-state index contributed by atoms with van der Waals surface area (Å²) in [5.41, 5.74) is 6.40. The van der Waals surface area contributed by atoms with E-state index in [0.29, 0.717) is 12.1 Å². The molecule has 3 nitrogen and oxygen atoms in total. The Kier molecular flexibility index (Phi) is 6.68. The van der Waals surface area contributed by atoms with Gasteiger partial charge in [0.1, 0.15) is 0 Å². The minimum Gasteiger partial charge on any atom is -0.370 e. The minimum absolute atomic E-state index is 0.497. The van der Waals surface area contributed by atoms with Gasteiger partial charge in [-0.3, -0.25) is 0 Å². The van der Waals surface area contributed by atoms with Crippen LogP contribution in [-0.4, -0.2) is 29.5 Å². The van der Waals surface area contributed by atoms with Crippen molar-refractivity contribution in [2.24, 2.45) is 10.7 Å². The van der Waals surface area contributed by atoms with Crippen molar-refractivity contribution in [2.45, 2.75) is 96.1 Å². The molecule has 0 amide bonds. The molecule has 2 rings (SSSR count). The number of unbranched alkanes of at least 4 members (excludes halogenated alkanes) is 1. The maximum Gasteiger partial charge on any atom is 0.191 e. The highest BCUT2D eigenvalue weighted by atomic mass is 15.3. The molecule has 2 N–H and O–H groups in total. The molecular weight excluding hydrogens is 246 g/mol. The Hall–Kier alpha value is -0.730. The van der Waals surface area contributed by atoms with Crippen molar-refractivity contribution in [1.29, 1.82) is 0 Å². The highest BCUT2D eigenvalue weighted by Crippen LogP contribution is 2.24. The number of rotatable bonds is 5. The molecule has 20 heavy (non-hydrogen) atoms. The highest BCUT2D eigenvalue weighted by Gasteiger charge is 2.23. The summed E-state index contributed by atoms with van der Waals surface area (Å²) in [4.78, 5) is 7.33. The second kappa shape index (κ2) is 8.53. The topological polar surface area (TPSA) is 41.6 Å². The van der Waals surface area contributed by atoms with Crippen LogP contribution in [0.3, 0.4) is 0 Å². The number of guanidine groups is 1. The Bertz CT molecular complexity index is 289. The molecule has 0 spiro atoms. The molecule has 2 aliphatic rings. The maximum atomic E-state index is 6.40. The van der Waals surface area contributed by atoms with E-state index in [1.165, 1.54) is 77.0 Å². The normalized spacial score (nSPS) is 22.9. The predicted molar refractivity (Wildman–Crippen MR) is 87.0 cm³/mol. The fraction of sp³-hybridized carbons (Fsp3) is 0.941. The van der Waals surface area contributed by atoms with Gasteiger partial charge in [-0.05, 0) is 32.1 Å². The lowest BCUT2D eigenvalue weighted by Gasteiger charge is -2.36. The predicted octanol–water partition coefficient (Wildman–Crippen LogP) is 4.07. The Labute approximate surface area is 125 Å². The van der Waals surface area contributed by atoms with Gasteiger partial charge in [-0.1, -0.05) is 51.9 Å². The lowest BCUT2D eigenvalue weighted by atomic mass is 9.94. The third-order valence-corrected chi connectivity index (χ3v) is 4.95. The maximum absolute atomic E-state index is 6.40. The van der Waals surface area contributed by atoms with Crippen LogP contribution in [-0.2, 0) is 0 Å². The smallest absolute Gasteiger partial charge is 0.191 e. The summed E-state index contributed by atoms with van der Waals surface area (Å²) < 4.78 is 0. The van der Waals surface area contributed by atoms with Gasteiger partial charge in [0, 0.05) is 12.6 Å². The second-order valence-corrected chi connectivity index (χ2v) is 6.62. The molecule has 0 aromatic rings. The first-order valence-electron chi connectivity index (χ1n) is 8.91. The van der Waals surface area contributed by atoms with Crippen molar-refractivity contribution in [1.82, 2.24) is 4.90 Å². The first kappa shape index (κ1) is 15.7. The molecule has 0 heterocycles. The molecule has 0 saturated heterocycles. The van der Waals surface area contributed by atoms with Gasteiger partial charge in [0.2, 0.25) is 0 Å². The molecule has 0 atom stereocenters. The number of aliphatic imine (C=N–C) groups is 1. The van der Waals surface area contributed by atoms with Gasteiger partial charge in [0.25, 0.3) is 0 Å². The van der Waals surface area contributed by atoms with Gasteiger partial charge in [0.05, 0.1) is 6.04 Å². The molecule has 0 aliphatic heterocycles. The van der Waals surface area contributed by atoms with E-state index in [1.54, 1.807) is 0 Å². The highest BCUT2D eigenvalue weighted by molar-refractivity contribution is 5.78. The van der Waals surface area contributed by atoms with E-state index >= 15 is 0 Å². The van der Waals surface area contributed by atoms with E-state index in [1.807, 2.05) is 0 Å². The van der Waals surface area contributed by atoms with Crippen molar-refractivity contribution in [2.75, 3.05) is 6.54 Å². The first-order valence-corrected chi connectivity index (χ1v) is 8.91. The average molecular weight is 279 g/mol. The summed E-state index contributed by atoms with van der Waals surface area (Å²) in [5, 5.41) is 0. The molecule has 3 heteroatoms. The fourth-order valence-corrected chi connectivity index (χ4v) is 3.68. The summed E-state index contributed by atoms with van der Waals surface area (Å²) in [6, 6.07) is 1.15. The van der Waals surface area contributed by atoms with Gasteiger partial charge in [-0.2, -0.15) is 0 Å². The third-order valence-electron chi connectivity index (χ3n) is 4.95. The van der Waals surface area contributed by atoms with Crippen molar-refractivity contribution in [3.8, 4) is 0 Å². The van der Waals surface area contributed by atoms with Crippen molar-refractivity contribution < 1.29 is 0 Å². The van der Waals surface area contributed by atoms with Gasteiger partial charge in [-0.15, -0.1) is 0 Å². The first-order chi connectivity index (χ1) is 9.81. The zero-order chi connectivity index (χ0) is 14.2. The summed E-state index contributed by atoms with van der Waals surface area (Å²) in [7, 11) is 0. The van der Waals surface area contributed by atoms with E-state index in [0.717, 1.165) is 12.5 Å². The van der Waals surface area contributed by atoms with E-state index in [2.05, 4.69) is 11.8 Å². The molecule has 2 fully saturated rings. The van der Waals surface area contributed by atoms with Crippen LogP contribution in [0.15, 0.2) is 4.99 Å². The monoisotopic (exact) mass is 279 g/mol. The van der Waals surface area contributed by atoms with Gasteiger partial charge < -0.3 is 10.6 Å². The number of nitrogens with zero attached hydrogens (tertiary/aromatic N) is 2. The summed E-state index contributed by atoms with van der Waals surface area (Å²) in [6.45, 7) is 3.36. The summed E-state index contributed by atoms with van der Waals surface area (Å²) in [6.07, 6.45) is 15.8. The molecule has 0 unspecified atom stereocenters. The van der Waals surface area contributed by atoms with Crippen molar-refractivity contribution in [3.63, 3.8) is 0 Å². The average Bonchev–Trinajstić information content (AvgIpc) is 2.50. The Balaban J connectivity index is 1.97. The fourth-order valence-electron chi connectivity index (χ4n) is 3.68. The van der Waals surface area contributed by atoms with Crippen LogP contribution >= 0.6 is 0 Å². The van der Waals surface area contributed by atoms with Crippen molar-refractivity contribution >= 4 is 5.96 Å². The summed E-state index contributed by atoms with van der Waals surface area (Å²) in [5.74, 6) is 0.845. The molecule has 2 aliphatic carbocycles. The number of hydrogen-bond donors (Lipinski definition) is 1. The van der Waals surface area contributed by atoms with Crippen LogP contribution in [0.1, 0.15) is 84.0 Å². The van der Waals surface area contributed by atoms with Crippen LogP contribution in [0.25, 0.3) is 0 Å². The molecule has 0 aromatic carbocycles. The molecule has 0 aromatic heterocycles. The van der Waals surface area contributed by atoms with Gasteiger partial charge >= 0.3 is 0 Å². The number of nitrogens with two attached hydrogens (primary N) is 1. The molecule has 0 bridgehead atoms. The van der Waals surface area contributed by atoms with Gasteiger partial charge in [-0.25, -0.2) is 4.99 Å². The molecular formula is C17H33N3. The van der Waals surface area contributed by atoms with E-state index in [9.17, 15) is 0 Å². The standard InChI is InChI=1S/C17H33N3/c1-2-3-14-20(16-12-8-5-9-13-16)17(18)19-15-10-6-4-7-11-15/h15-16H,2-14H2,1H3,(H2,18,19). The minimum atomic E-state index is 0.497. The largest absolute Gasteiger partial charge is 0.370 e. The third kappa shape index (κ3) is 4.68. The quantitative estimate of drug-likeness (QED) is 0.609. The zero-order valence-electron chi connectivity index (χ0n) is 13.3. The second-order valence-electron chi connectivity index (χ2n) is 6.62. The lowest BCUT2D eigenvalue weighted by Crippen LogP contribution is -2.46. The van der Waals surface area contributed by atoms with E-state index in [-0.39, 0.29) is 0 Å². The van der Waals surface area contributed by atoms with Crippen LogP contribution < -0.4 is 5.73 Å². The SMILES string of the molecule is CCCCN(C(N)=NC1CCCCC1)C1CCCCC1. The lowest BCUT2D eigenvalue weighted by molar-refractivity contribution is 0.236. The Morgan fingerprint density at radius 2 is 1.60 bits per heavy atom. The Morgan fingerprint density at radius 1 is 1.00 bits per heavy atom. The summed E-state index contributed by atoms with van der Waals surface area (Å²) >= 11 is 0. The van der Waals surface area contributed by atoms with E-state index in [4.69, 9.17) is 10.7 Å². The van der Waals surface area contributed by atoms with Crippen LogP contribution in [0.4, 0.5) is 0 Å². The zero-order valence-corrected chi connectivity index (χ0v) is 13.3. The van der Waals surface area contributed by atoms with E-state index < -0.39 is 0 Å². The molecule has 2 saturated carbocycles. The van der Waals surface area contributed by atoms with Crippen molar-refractivity contribution in [3.05, 3.63) is 0 Å². The van der Waals surface area contributed by atoms with Gasteiger partial charge in [0.15, 0.2) is 5.96 Å². The van der Waals surface area contributed by atoms with Crippen LogP contribution in [0.5, 0.6) is 0 Å². The number of hydrogen-bond acceptors (Lipinski definition) is 1. The van der Waals surface area contributed by atoms with Crippen LogP contribution in [0, 0.1) is 0 Å².